The van der Waals surface area contributed by atoms with Crippen LogP contribution in [0.3, 0.4) is 0 Å². The molecule has 1 aromatic carbocycles. The van der Waals surface area contributed by atoms with Crippen LogP contribution in [0.5, 0.6) is 0 Å². The molecule has 1 rings (SSSR count). The number of aliphatic hydroxyl groups excluding tert-OH is 1. The number of nitrogens with zero attached hydrogens (tertiary/aromatic N) is 1. The number of alkyl halides is 2. The van der Waals surface area contributed by atoms with Gasteiger partial charge in [-0.2, -0.15) is 5.26 Å². The summed E-state index contributed by atoms with van der Waals surface area (Å²) < 4.78 is 25.4. The summed E-state index contributed by atoms with van der Waals surface area (Å²) in [5, 5.41) is 19.3. The van der Waals surface area contributed by atoms with Crippen molar-refractivity contribution in [2.24, 2.45) is 0 Å². The maximum atomic E-state index is 12.7. The predicted octanol–water partition coefficient (Wildman–Crippen LogP) is 1.18. The Morgan fingerprint density at radius 2 is 2.19 bits per heavy atom. The first-order valence-corrected chi connectivity index (χ1v) is 4.51. The molecule has 0 heterocycles. The van der Waals surface area contributed by atoms with E-state index in [9.17, 15) is 8.78 Å². The summed E-state index contributed by atoms with van der Waals surface area (Å²) in [6, 6.07) is 6.18. The molecule has 0 aliphatic carbocycles. The van der Waals surface area contributed by atoms with Gasteiger partial charge in [0.1, 0.15) is 6.61 Å². The minimum absolute atomic E-state index is 0.216. The highest BCUT2D eigenvalue weighted by molar-refractivity contribution is 5.68. The fraction of sp³-hybridized carbons (Fsp3) is 0.300. The molecule has 16 heavy (non-hydrogen) atoms. The van der Waals surface area contributed by atoms with Crippen molar-refractivity contribution in [2.45, 2.75) is 5.92 Å². The molecule has 6 heteroatoms. The Kier molecular flexibility index (Phi) is 3.64. The summed E-state index contributed by atoms with van der Waals surface area (Å²) in [7, 11) is 0. The molecule has 0 aromatic heterocycles. The molecule has 0 fully saturated rings. The third-order valence-corrected chi connectivity index (χ3v) is 1.95. The number of nitrogen functional groups attached to an aromatic ring is 1. The summed E-state index contributed by atoms with van der Waals surface area (Å²) in [4.78, 5) is 0. The minimum atomic E-state index is -3.19. The average Bonchev–Trinajstić information content (AvgIpc) is 2.27. The fourth-order valence-corrected chi connectivity index (χ4v) is 1.07. The van der Waals surface area contributed by atoms with Gasteiger partial charge in [-0.1, -0.05) is 0 Å². The Balaban J connectivity index is 2.73. The number of hydrogen-bond acceptors (Lipinski definition) is 4. The van der Waals surface area contributed by atoms with E-state index in [1.54, 1.807) is 0 Å². The number of nitrogens with one attached hydrogen (secondary N) is 1. The number of nitrogens with two attached hydrogens (primary N) is 1. The first-order chi connectivity index (χ1) is 7.48. The molecule has 0 atom stereocenters. The Labute approximate surface area is 91.3 Å². The van der Waals surface area contributed by atoms with Crippen LogP contribution < -0.4 is 11.1 Å². The van der Waals surface area contributed by atoms with E-state index < -0.39 is 19.1 Å². The zero-order valence-corrected chi connectivity index (χ0v) is 8.37. The van der Waals surface area contributed by atoms with Gasteiger partial charge in [0.05, 0.1) is 29.6 Å². The van der Waals surface area contributed by atoms with Crippen molar-refractivity contribution in [1.82, 2.24) is 0 Å². The zero-order valence-electron chi connectivity index (χ0n) is 8.37. The second kappa shape index (κ2) is 4.77. The van der Waals surface area contributed by atoms with Crippen LogP contribution >= 0.6 is 0 Å². The minimum Gasteiger partial charge on any atom is -0.397 e. The fourth-order valence-electron chi connectivity index (χ4n) is 1.07. The van der Waals surface area contributed by atoms with Gasteiger partial charge in [-0.25, -0.2) is 8.78 Å². The van der Waals surface area contributed by atoms with E-state index in [2.05, 4.69) is 5.32 Å². The number of benzene rings is 1. The molecule has 0 radical (unpaired) electrons. The molecule has 0 saturated carbocycles. The first kappa shape index (κ1) is 12.2. The molecular formula is C10H11F2N3O. The third kappa shape index (κ3) is 3.07. The highest BCUT2D eigenvalue weighted by atomic mass is 19.3. The summed E-state index contributed by atoms with van der Waals surface area (Å²) in [6.07, 6.45) is 0. The molecule has 0 unspecified atom stereocenters. The lowest BCUT2D eigenvalue weighted by Crippen LogP contribution is -2.31. The number of hydrogen-bond donors (Lipinski definition) is 3. The van der Waals surface area contributed by atoms with Crippen LogP contribution in [0.25, 0.3) is 0 Å². The lowest BCUT2D eigenvalue weighted by atomic mass is 10.2. The Morgan fingerprint density at radius 1 is 1.50 bits per heavy atom. The molecule has 0 saturated heterocycles. The van der Waals surface area contributed by atoms with Gasteiger partial charge >= 0.3 is 0 Å². The lowest BCUT2D eigenvalue weighted by Gasteiger charge is -2.16. The van der Waals surface area contributed by atoms with Crippen LogP contribution in [-0.4, -0.2) is 24.2 Å². The highest BCUT2D eigenvalue weighted by Gasteiger charge is 2.27. The van der Waals surface area contributed by atoms with Crippen LogP contribution in [0.2, 0.25) is 0 Å². The van der Waals surface area contributed by atoms with Crippen molar-refractivity contribution in [3.05, 3.63) is 23.8 Å². The van der Waals surface area contributed by atoms with Gasteiger partial charge in [0.15, 0.2) is 0 Å². The Hall–Kier alpha value is -1.87. The summed E-state index contributed by atoms with van der Waals surface area (Å²) in [6.45, 7) is -1.93. The topological polar surface area (TPSA) is 82.1 Å². The summed E-state index contributed by atoms with van der Waals surface area (Å²) in [5.74, 6) is -3.19. The van der Waals surface area contributed by atoms with Crippen molar-refractivity contribution in [3.63, 3.8) is 0 Å². The van der Waals surface area contributed by atoms with E-state index in [0.717, 1.165) is 0 Å². The van der Waals surface area contributed by atoms with Crippen molar-refractivity contribution in [3.8, 4) is 6.07 Å². The lowest BCUT2D eigenvalue weighted by molar-refractivity contribution is -0.0372. The Morgan fingerprint density at radius 3 is 2.69 bits per heavy atom. The molecular weight excluding hydrogens is 216 g/mol. The second-order valence-corrected chi connectivity index (χ2v) is 3.28. The van der Waals surface area contributed by atoms with Crippen LogP contribution in [-0.2, 0) is 0 Å². The van der Waals surface area contributed by atoms with Crippen LogP contribution in [0.15, 0.2) is 18.2 Å². The highest BCUT2D eigenvalue weighted by Crippen LogP contribution is 2.21. The molecule has 0 aliphatic rings. The quantitative estimate of drug-likeness (QED) is 0.674. The van der Waals surface area contributed by atoms with E-state index in [1.165, 1.54) is 18.2 Å². The van der Waals surface area contributed by atoms with Gasteiger partial charge in [0, 0.05) is 0 Å². The number of aliphatic hydroxyl groups is 1. The molecule has 4 N–H and O–H groups in total. The third-order valence-electron chi connectivity index (χ3n) is 1.95. The maximum Gasteiger partial charge on any atom is 0.287 e. The first-order valence-electron chi connectivity index (χ1n) is 4.51. The standard InChI is InChI=1S/C10H11F2N3O/c11-10(12,6-16)5-15-9-2-1-7(4-13)3-8(9)14/h1-3,15-16H,5-6,14H2. The number of nitriles is 1. The van der Waals surface area contributed by atoms with E-state index >= 15 is 0 Å². The van der Waals surface area contributed by atoms with E-state index in [4.69, 9.17) is 16.1 Å². The molecule has 1 aromatic rings. The molecule has 4 nitrogen and oxygen atoms in total. The smallest absolute Gasteiger partial charge is 0.287 e. The summed E-state index contributed by atoms with van der Waals surface area (Å²) >= 11 is 0. The van der Waals surface area contributed by atoms with Gasteiger partial charge in [0.2, 0.25) is 0 Å². The summed E-state index contributed by atoms with van der Waals surface area (Å²) in [5.41, 5.74) is 6.43. The van der Waals surface area contributed by atoms with Crippen molar-refractivity contribution in [1.29, 1.82) is 5.26 Å². The molecule has 0 bridgehead atoms. The molecule has 0 spiro atoms. The SMILES string of the molecule is N#Cc1ccc(NCC(F)(F)CO)c(N)c1. The van der Waals surface area contributed by atoms with Crippen LogP contribution in [0.1, 0.15) is 5.56 Å². The van der Waals surface area contributed by atoms with E-state index in [1.807, 2.05) is 6.07 Å². The van der Waals surface area contributed by atoms with Gasteiger partial charge in [-0.3, -0.25) is 0 Å². The van der Waals surface area contributed by atoms with E-state index in [-0.39, 0.29) is 5.69 Å². The predicted molar refractivity (Wildman–Crippen MR) is 56.1 cm³/mol. The van der Waals surface area contributed by atoms with Gasteiger partial charge < -0.3 is 16.2 Å². The van der Waals surface area contributed by atoms with E-state index in [0.29, 0.717) is 11.3 Å². The molecule has 86 valence electrons. The van der Waals surface area contributed by atoms with Gasteiger partial charge in [-0.15, -0.1) is 0 Å². The molecule has 0 aliphatic heterocycles. The normalized spacial score (nSPS) is 10.9. The Bertz CT molecular complexity index is 415. The molecule has 0 amide bonds. The average molecular weight is 227 g/mol. The van der Waals surface area contributed by atoms with Crippen molar-refractivity contribution >= 4 is 11.4 Å². The number of halogens is 2. The zero-order chi connectivity index (χ0) is 12.2. The van der Waals surface area contributed by atoms with Crippen LogP contribution in [0.4, 0.5) is 20.2 Å². The van der Waals surface area contributed by atoms with Gasteiger partial charge in [-0.05, 0) is 18.2 Å². The monoisotopic (exact) mass is 227 g/mol. The van der Waals surface area contributed by atoms with Crippen molar-refractivity contribution in [2.75, 3.05) is 24.2 Å². The van der Waals surface area contributed by atoms with Crippen LogP contribution in [0, 0.1) is 11.3 Å². The van der Waals surface area contributed by atoms with Crippen molar-refractivity contribution < 1.29 is 13.9 Å². The largest absolute Gasteiger partial charge is 0.397 e. The number of anilines is 2. The maximum absolute atomic E-state index is 12.7. The van der Waals surface area contributed by atoms with Gasteiger partial charge in [0.25, 0.3) is 5.92 Å². The number of rotatable bonds is 4. The second-order valence-electron chi connectivity index (χ2n) is 3.28.